The van der Waals surface area contributed by atoms with Crippen LogP contribution in [0.3, 0.4) is 0 Å². The van der Waals surface area contributed by atoms with Crippen LogP contribution < -0.4 is 10.2 Å². The first-order chi connectivity index (χ1) is 12.8. The molecule has 0 radical (unpaired) electrons. The van der Waals surface area contributed by atoms with Gasteiger partial charge in [-0.15, -0.1) is 11.3 Å². The number of aliphatic imine (C=N–C) groups is 1. The Balaban J connectivity index is 1.30. The van der Waals surface area contributed by atoms with Gasteiger partial charge in [0.1, 0.15) is 0 Å². The van der Waals surface area contributed by atoms with Crippen LogP contribution in [0.1, 0.15) is 29.7 Å². The Morgan fingerprint density at radius 2 is 2.00 bits per heavy atom. The summed E-state index contributed by atoms with van der Waals surface area (Å²) in [5.74, 6) is 0.995. The predicted octanol–water partition coefficient (Wildman–Crippen LogP) is 2.92. The molecule has 0 saturated carbocycles. The minimum Gasteiger partial charge on any atom is -0.356 e. The number of benzene rings is 1. The van der Waals surface area contributed by atoms with Gasteiger partial charge >= 0.3 is 0 Å². The molecule has 0 spiro atoms. The topological polar surface area (TPSA) is 43.8 Å². The average Bonchev–Trinajstić information content (AvgIpc) is 3.36. The molecule has 0 unspecified atom stereocenters. The van der Waals surface area contributed by atoms with Gasteiger partial charge in [0, 0.05) is 51.6 Å². The summed E-state index contributed by atoms with van der Waals surface area (Å²) >= 11 is 1.78. The molecule has 6 heteroatoms. The lowest BCUT2D eigenvalue weighted by Crippen LogP contribution is -2.44. The van der Waals surface area contributed by atoms with E-state index in [0.717, 1.165) is 51.5 Å². The van der Waals surface area contributed by atoms with Crippen LogP contribution in [0.4, 0.5) is 5.13 Å². The van der Waals surface area contributed by atoms with E-state index in [1.54, 1.807) is 11.3 Å². The summed E-state index contributed by atoms with van der Waals surface area (Å²) in [6.45, 7) is 5.15. The van der Waals surface area contributed by atoms with Crippen LogP contribution in [-0.4, -0.2) is 49.1 Å². The van der Waals surface area contributed by atoms with Crippen LogP contribution in [-0.2, 0) is 19.4 Å². The van der Waals surface area contributed by atoms with Gasteiger partial charge in [-0.25, -0.2) is 4.98 Å². The Hall–Kier alpha value is -2.08. The van der Waals surface area contributed by atoms with Gasteiger partial charge in [-0.2, -0.15) is 0 Å². The molecule has 5 nitrogen and oxygen atoms in total. The summed E-state index contributed by atoms with van der Waals surface area (Å²) in [7, 11) is 1.87. The van der Waals surface area contributed by atoms with Crippen molar-refractivity contribution in [2.45, 2.75) is 32.2 Å². The van der Waals surface area contributed by atoms with Gasteiger partial charge < -0.3 is 15.1 Å². The highest BCUT2D eigenvalue weighted by Gasteiger charge is 2.19. The average molecular weight is 370 g/mol. The van der Waals surface area contributed by atoms with E-state index in [2.05, 4.69) is 49.8 Å². The number of nitrogens with zero attached hydrogens (tertiary/aromatic N) is 4. The summed E-state index contributed by atoms with van der Waals surface area (Å²) in [4.78, 5) is 14.1. The Morgan fingerprint density at radius 3 is 2.81 bits per heavy atom. The monoisotopic (exact) mass is 369 g/mol. The molecule has 2 aromatic rings. The Bertz CT molecular complexity index is 763. The maximum Gasteiger partial charge on any atom is 0.193 e. The summed E-state index contributed by atoms with van der Waals surface area (Å²) in [5, 5.41) is 6.92. The van der Waals surface area contributed by atoms with Gasteiger partial charge in [-0.05, 0) is 30.4 Å². The molecule has 0 atom stereocenters. The van der Waals surface area contributed by atoms with Crippen molar-refractivity contribution in [2.24, 2.45) is 4.99 Å². The normalized spacial score (nSPS) is 17.5. The van der Waals surface area contributed by atoms with E-state index in [1.165, 1.54) is 34.8 Å². The fraction of sp³-hybridized carbons (Fsp3) is 0.500. The molecule has 2 aliphatic heterocycles. The quantitative estimate of drug-likeness (QED) is 0.665. The lowest BCUT2D eigenvalue weighted by atomic mass is 10.0. The molecule has 1 aromatic carbocycles. The molecule has 2 aliphatic rings. The zero-order chi connectivity index (χ0) is 17.8. The third kappa shape index (κ3) is 3.85. The molecule has 1 N–H and O–H groups in total. The first-order valence-electron chi connectivity index (χ1n) is 9.55. The molecule has 4 rings (SSSR count). The van der Waals surface area contributed by atoms with Crippen LogP contribution in [0.2, 0.25) is 0 Å². The highest BCUT2D eigenvalue weighted by atomic mass is 32.1. The van der Waals surface area contributed by atoms with E-state index in [9.17, 15) is 0 Å². The van der Waals surface area contributed by atoms with E-state index in [1.807, 2.05) is 7.05 Å². The van der Waals surface area contributed by atoms with Crippen LogP contribution in [0, 0.1) is 0 Å². The van der Waals surface area contributed by atoms with Crippen molar-refractivity contribution in [3.8, 4) is 0 Å². The number of anilines is 1. The van der Waals surface area contributed by atoms with E-state index in [-0.39, 0.29) is 0 Å². The molecule has 0 aliphatic carbocycles. The van der Waals surface area contributed by atoms with Crippen LogP contribution in [0.25, 0.3) is 0 Å². The number of thiazole rings is 1. The van der Waals surface area contributed by atoms with Crippen molar-refractivity contribution >= 4 is 22.4 Å². The third-order valence-electron chi connectivity index (χ3n) is 5.22. The highest BCUT2D eigenvalue weighted by molar-refractivity contribution is 7.13. The smallest absolute Gasteiger partial charge is 0.193 e. The van der Waals surface area contributed by atoms with Crippen LogP contribution in [0.5, 0.6) is 0 Å². The zero-order valence-electron chi connectivity index (χ0n) is 15.4. The number of aromatic nitrogens is 1. The first kappa shape index (κ1) is 17.3. The number of nitrogens with one attached hydrogen (secondary N) is 1. The summed E-state index contributed by atoms with van der Waals surface area (Å²) in [5.41, 5.74) is 4.07. The summed E-state index contributed by atoms with van der Waals surface area (Å²) in [6.07, 6.45) is 4.62. The van der Waals surface area contributed by atoms with E-state index >= 15 is 0 Å². The fourth-order valence-corrected chi connectivity index (χ4v) is 4.69. The molecule has 1 saturated heterocycles. The molecule has 0 bridgehead atoms. The predicted molar refractivity (Wildman–Crippen MR) is 109 cm³/mol. The van der Waals surface area contributed by atoms with E-state index < -0.39 is 0 Å². The lowest BCUT2D eigenvalue weighted by molar-refractivity contribution is 0.379. The van der Waals surface area contributed by atoms with Gasteiger partial charge in [0.2, 0.25) is 0 Å². The molecule has 1 fully saturated rings. The summed E-state index contributed by atoms with van der Waals surface area (Å²) in [6, 6.07) is 8.72. The van der Waals surface area contributed by atoms with Crippen molar-refractivity contribution in [3.05, 3.63) is 46.5 Å². The standard InChI is InChI=1S/C20H27N5S/c1-21-19(25-13-9-16-6-2-3-7-17(16)14-25)22-10-8-18-15-26-20(23-18)24-11-4-5-12-24/h2-3,6-7,15H,4-5,8-14H2,1H3,(H,21,22). The van der Waals surface area contributed by atoms with Gasteiger partial charge in [-0.3, -0.25) is 4.99 Å². The molecular formula is C20H27N5S. The molecule has 138 valence electrons. The highest BCUT2D eigenvalue weighted by Crippen LogP contribution is 2.24. The maximum atomic E-state index is 4.81. The minimum absolute atomic E-state index is 0.869. The maximum absolute atomic E-state index is 4.81. The number of hydrogen-bond donors (Lipinski definition) is 1. The lowest BCUT2D eigenvalue weighted by Gasteiger charge is -2.31. The van der Waals surface area contributed by atoms with Gasteiger partial charge in [0.15, 0.2) is 11.1 Å². The molecule has 0 amide bonds. The molecule has 1 aromatic heterocycles. The number of fused-ring (bicyclic) bond motifs is 1. The third-order valence-corrected chi connectivity index (χ3v) is 6.17. The van der Waals surface area contributed by atoms with Crippen molar-refractivity contribution in [3.63, 3.8) is 0 Å². The van der Waals surface area contributed by atoms with Gasteiger partial charge in [-0.1, -0.05) is 24.3 Å². The van der Waals surface area contributed by atoms with Crippen molar-refractivity contribution < 1.29 is 0 Å². The zero-order valence-corrected chi connectivity index (χ0v) is 16.3. The summed E-state index contributed by atoms with van der Waals surface area (Å²) < 4.78 is 0. The van der Waals surface area contributed by atoms with E-state index in [0.29, 0.717) is 0 Å². The molecular weight excluding hydrogens is 342 g/mol. The fourth-order valence-electron chi connectivity index (χ4n) is 3.78. The molecule has 3 heterocycles. The second-order valence-electron chi connectivity index (χ2n) is 6.98. The second kappa shape index (κ2) is 8.08. The van der Waals surface area contributed by atoms with E-state index in [4.69, 9.17) is 4.98 Å². The van der Waals surface area contributed by atoms with Crippen molar-refractivity contribution in [1.82, 2.24) is 15.2 Å². The Morgan fingerprint density at radius 1 is 1.19 bits per heavy atom. The first-order valence-corrected chi connectivity index (χ1v) is 10.4. The number of hydrogen-bond acceptors (Lipinski definition) is 4. The van der Waals surface area contributed by atoms with Crippen molar-refractivity contribution in [1.29, 1.82) is 0 Å². The Kier molecular flexibility index (Phi) is 5.39. The largest absolute Gasteiger partial charge is 0.356 e. The van der Waals surface area contributed by atoms with Gasteiger partial charge in [0.25, 0.3) is 0 Å². The Labute approximate surface area is 159 Å². The van der Waals surface area contributed by atoms with Gasteiger partial charge in [0.05, 0.1) is 5.69 Å². The minimum atomic E-state index is 0.869. The van der Waals surface area contributed by atoms with Crippen LogP contribution >= 0.6 is 11.3 Å². The van der Waals surface area contributed by atoms with Crippen LogP contribution in [0.15, 0.2) is 34.6 Å². The molecule has 26 heavy (non-hydrogen) atoms. The number of guanidine groups is 1. The number of rotatable bonds is 4. The second-order valence-corrected chi connectivity index (χ2v) is 7.82. The van der Waals surface area contributed by atoms with Crippen molar-refractivity contribution in [2.75, 3.05) is 38.1 Å². The SMILES string of the molecule is CN=C(NCCc1csc(N2CCCC2)n1)N1CCc2ccccc2C1.